The normalized spacial score (nSPS) is 18.3. The van der Waals surface area contributed by atoms with Crippen LogP contribution in [-0.4, -0.2) is 31.5 Å². The molecule has 0 bridgehead atoms. The Bertz CT molecular complexity index is 411. The number of aldehydes is 1. The van der Waals surface area contributed by atoms with Crippen LogP contribution in [0.25, 0.3) is 0 Å². The first-order chi connectivity index (χ1) is 8.79. The second-order valence-electron chi connectivity index (χ2n) is 4.17. The van der Waals surface area contributed by atoms with Gasteiger partial charge in [-0.05, 0) is 43.7 Å². The fourth-order valence-corrected chi connectivity index (χ4v) is 1.86. The van der Waals surface area contributed by atoms with Crippen LogP contribution in [0.1, 0.15) is 23.2 Å². The van der Waals surface area contributed by atoms with Crippen molar-refractivity contribution in [2.75, 3.05) is 13.3 Å². The molecule has 1 unspecified atom stereocenters. The third-order valence-electron chi connectivity index (χ3n) is 2.88. The number of carbonyl (C=O) groups is 2. The van der Waals surface area contributed by atoms with Gasteiger partial charge in [0.15, 0.2) is 6.73 Å². The lowest BCUT2D eigenvalue weighted by Gasteiger charge is -2.12. The molecule has 18 heavy (non-hydrogen) atoms. The van der Waals surface area contributed by atoms with E-state index in [0.717, 1.165) is 25.7 Å². The first-order valence-corrected chi connectivity index (χ1v) is 5.99. The monoisotopic (exact) mass is 248 g/mol. The lowest BCUT2D eigenvalue weighted by atomic mass is 10.2. The van der Waals surface area contributed by atoms with Gasteiger partial charge in [-0.15, -0.1) is 0 Å². The Balaban J connectivity index is 1.73. The molecule has 1 fully saturated rings. The summed E-state index contributed by atoms with van der Waals surface area (Å²) in [6, 6.07) is 6.64. The molecule has 1 saturated heterocycles. The quantitative estimate of drug-likeness (QED) is 0.594. The van der Waals surface area contributed by atoms with E-state index in [9.17, 15) is 9.59 Å². The molecule has 5 nitrogen and oxygen atoms in total. The van der Waals surface area contributed by atoms with Crippen LogP contribution in [0.2, 0.25) is 0 Å². The molecular formula is C13H16N2O3. The topological polar surface area (TPSA) is 67.4 Å². The smallest absolute Gasteiger partial charge is 0.239 e. The molecule has 2 rings (SSSR count). The molecule has 1 amide bonds. The SMILES string of the molecule is O=Cc1ccc(OCNC(=O)C2CCCN2)cc1. The van der Waals surface area contributed by atoms with Crippen molar-refractivity contribution in [1.29, 1.82) is 0 Å². The Morgan fingerprint density at radius 2 is 2.22 bits per heavy atom. The molecule has 1 heterocycles. The lowest BCUT2D eigenvalue weighted by molar-refractivity contribution is -0.123. The van der Waals surface area contributed by atoms with Crippen LogP contribution < -0.4 is 15.4 Å². The molecule has 0 aliphatic carbocycles. The van der Waals surface area contributed by atoms with Crippen molar-refractivity contribution in [2.45, 2.75) is 18.9 Å². The van der Waals surface area contributed by atoms with Crippen LogP contribution in [0.15, 0.2) is 24.3 Å². The van der Waals surface area contributed by atoms with Crippen LogP contribution in [0.4, 0.5) is 0 Å². The average molecular weight is 248 g/mol. The van der Waals surface area contributed by atoms with E-state index in [1.165, 1.54) is 0 Å². The van der Waals surface area contributed by atoms with Crippen LogP contribution in [0.3, 0.4) is 0 Å². The Morgan fingerprint density at radius 1 is 1.44 bits per heavy atom. The van der Waals surface area contributed by atoms with Crippen LogP contribution in [0.5, 0.6) is 5.75 Å². The average Bonchev–Trinajstić information content (AvgIpc) is 2.93. The molecule has 96 valence electrons. The predicted molar refractivity (Wildman–Crippen MR) is 66.5 cm³/mol. The van der Waals surface area contributed by atoms with Crippen molar-refractivity contribution in [1.82, 2.24) is 10.6 Å². The minimum atomic E-state index is -0.0916. The molecule has 1 aliphatic heterocycles. The van der Waals surface area contributed by atoms with Crippen LogP contribution in [0, 0.1) is 0 Å². The Morgan fingerprint density at radius 3 is 2.83 bits per heavy atom. The van der Waals surface area contributed by atoms with E-state index < -0.39 is 0 Å². The van der Waals surface area contributed by atoms with Gasteiger partial charge < -0.3 is 15.4 Å². The second-order valence-corrected chi connectivity index (χ2v) is 4.17. The molecule has 0 spiro atoms. The highest BCUT2D eigenvalue weighted by molar-refractivity contribution is 5.81. The van der Waals surface area contributed by atoms with Crippen molar-refractivity contribution in [3.05, 3.63) is 29.8 Å². The third kappa shape index (κ3) is 3.30. The maximum atomic E-state index is 11.6. The molecule has 1 aliphatic rings. The number of carbonyl (C=O) groups excluding carboxylic acids is 2. The molecule has 1 aromatic carbocycles. The van der Waals surface area contributed by atoms with Crippen molar-refractivity contribution in [2.24, 2.45) is 0 Å². The summed E-state index contributed by atoms with van der Waals surface area (Å²) in [6.07, 6.45) is 2.68. The van der Waals surface area contributed by atoms with E-state index in [1.807, 2.05) is 0 Å². The Hall–Kier alpha value is -1.88. The van der Waals surface area contributed by atoms with Gasteiger partial charge in [0.05, 0.1) is 6.04 Å². The summed E-state index contributed by atoms with van der Waals surface area (Å²) in [7, 11) is 0. The molecule has 0 radical (unpaired) electrons. The summed E-state index contributed by atoms with van der Waals surface area (Å²) in [5.74, 6) is 0.595. The number of nitrogens with one attached hydrogen (secondary N) is 2. The highest BCUT2D eigenvalue weighted by Crippen LogP contribution is 2.10. The van der Waals surface area contributed by atoms with Gasteiger partial charge in [-0.2, -0.15) is 0 Å². The Kier molecular flexibility index (Phi) is 4.30. The number of ether oxygens (including phenoxy) is 1. The van der Waals surface area contributed by atoms with Gasteiger partial charge >= 0.3 is 0 Å². The van der Waals surface area contributed by atoms with E-state index in [0.29, 0.717) is 11.3 Å². The summed E-state index contributed by atoms with van der Waals surface area (Å²) < 4.78 is 5.36. The Labute approximate surface area is 106 Å². The van der Waals surface area contributed by atoms with Gasteiger partial charge in [-0.25, -0.2) is 0 Å². The number of amides is 1. The minimum Gasteiger partial charge on any atom is -0.473 e. The third-order valence-corrected chi connectivity index (χ3v) is 2.88. The molecule has 2 N–H and O–H groups in total. The van der Waals surface area contributed by atoms with Gasteiger partial charge in [-0.1, -0.05) is 0 Å². The van der Waals surface area contributed by atoms with Crippen molar-refractivity contribution >= 4 is 12.2 Å². The largest absolute Gasteiger partial charge is 0.473 e. The van der Waals surface area contributed by atoms with Crippen LogP contribution >= 0.6 is 0 Å². The molecule has 1 atom stereocenters. The highest BCUT2D eigenvalue weighted by atomic mass is 16.5. The predicted octanol–water partition coefficient (Wildman–Crippen LogP) is 0.704. The zero-order chi connectivity index (χ0) is 12.8. The number of rotatable bonds is 5. The second kappa shape index (κ2) is 6.16. The molecule has 5 heteroatoms. The van der Waals surface area contributed by atoms with Gasteiger partial charge in [-0.3, -0.25) is 9.59 Å². The standard InChI is InChI=1S/C13H16N2O3/c16-8-10-3-5-11(6-4-10)18-9-15-13(17)12-2-1-7-14-12/h3-6,8,12,14H,1-2,7,9H2,(H,15,17). The van der Waals surface area contributed by atoms with Crippen molar-refractivity contribution < 1.29 is 14.3 Å². The van der Waals surface area contributed by atoms with E-state index in [1.54, 1.807) is 24.3 Å². The van der Waals surface area contributed by atoms with Gasteiger partial charge in [0.2, 0.25) is 5.91 Å². The first-order valence-electron chi connectivity index (χ1n) is 5.99. The lowest BCUT2D eigenvalue weighted by Crippen LogP contribution is -2.41. The number of hydrogen-bond donors (Lipinski definition) is 2. The summed E-state index contributed by atoms with van der Waals surface area (Å²) in [5, 5.41) is 5.82. The molecular weight excluding hydrogens is 232 g/mol. The van der Waals surface area contributed by atoms with Gasteiger partial charge in [0.25, 0.3) is 0 Å². The summed E-state index contributed by atoms with van der Waals surface area (Å²) in [6.45, 7) is 1.03. The molecule has 0 aromatic heterocycles. The van der Waals surface area contributed by atoms with E-state index in [2.05, 4.69) is 10.6 Å². The minimum absolute atomic E-state index is 0.0305. The fraction of sp³-hybridized carbons (Fsp3) is 0.385. The fourth-order valence-electron chi connectivity index (χ4n) is 1.86. The summed E-state index contributed by atoms with van der Waals surface area (Å²) >= 11 is 0. The number of hydrogen-bond acceptors (Lipinski definition) is 4. The van der Waals surface area contributed by atoms with Gasteiger partial charge in [0, 0.05) is 5.56 Å². The van der Waals surface area contributed by atoms with E-state index >= 15 is 0 Å². The molecule has 0 saturated carbocycles. The van der Waals surface area contributed by atoms with E-state index in [-0.39, 0.29) is 18.7 Å². The summed E-state index contributed by atoms with van der Waals surface area (Å²) in [4.78, 5) is 22.1. The maximum Gasteiger partial charge on any atom is 0.239 e. The van der Waals surface area contributed by atoms with Crippen molar-refractivity contribution in [3.63, 3.8) is 0 Å². The number of benzene rings is 1. The zero-order valence-corrected chi connectivity index (χ0v) is 10.0. The summed E-state index contributed by atoms with van der Waals surface area (Å²) in [5.41, 5.74) is 0.599. The maximum absolute atomic E-state index is 11.6. The molecule has 1 aromatic rings. The van der Waals surface area contributed by atoms with Crippen molar-refractivity contribution in [3.8, 4) is 5.75 Å². The highest BCUT2D eigenvalue weighted by Gasteiger charge is 2.21. The van der Waals surface area contributed by atoms with Gasteiger partial charge in [0.1, 0.15) is 12.0 Å². The van der Waals surface area contributed by atoms with Crippen LogP contribution in [-0.2, 0) is 4.79 Å². The zero-order valence-electron chi connectivity index (χ0n) is 10.0. The first kappa shape index (κ1) is 12.6. The van der Waals surface area contributed by atoms with E-state index in [4.69, 9.17) is 4.74 Å².